The zero-order chi connectivity index (χ0) is 25.4. The summed E-state index contributed by atoms with van der Waals surface area (Å²) in [5.41, 5.74) is 1.63. The summed E-state index contributed by atoms with van der Waals surface area (Å²) in [4.78, 5) is 18.2. The fourth-order valence-corrected chi connectivity index (χ4v) is 4.59. The monoisotopic (exact) mass is 609 g/mol. The third-order valence-corrected chi connectivity index (χ3v) is 6.59. The van der Waals surface area contributed by atoms with E-state index in [1.165, 1.54) is 4.68 Å². The second-order valence-corrected chi connectivity index (χ2v) is 10.1. The summed E-state index contributed by atoms with van der Waals surface area (Å²) in [5.74, 6) is 1.89. The van der Waals surface area contributed by atoms with Gasteiger partial charge < -0.3 is 13.9 Å². The number of methoxy groups -OCH3 is 1. The van der Waals surface area contributed by atoms with Gasteiger partial charge in [-0.05, 0) is 78.3 Å². The summed E-state index contributed by atoms with van der Waals surface area (Å²) in [6.45, 7) is 3.89. The van der Waals surface area contributed by atoms with E-state index in [4.69, 9.17) is 18.9 Å². The van der Waals surface area contributed by atoms with Crippen LogP contribution in [0, 0.1) is 0 Å². The summed E-state index contributed by atoms with van der Waals surface area (Å²) in [6, 6.07) is 18.3. The van der Waals surface area contributed by atoms with Crippen molar-refractivity contribution in [1.29, 1.82) is 0 Å². The van der Waals surface area contributed by atoms with Gasteiger partial charge in [0, 0.05) is 19.9 Å². The largest absolute Gasteiger partial charge is 0.493 e. The molecule has 2 heterocycles. The Labute approximate surface area is 223 Å². The molecule has 0 aliphatic carbocycles. The molecule has 9 heteroatoms. The Morgan fingerprint density at radius 1 is 1.06 bits per heavy atom. The molecule has 5 rings (SSSR count). The molecular formula is C27H21Br2N3O4. The van der Waals surface area contributed by atoms with Gasteiger partial charge in [0.2, 0.25) is 5.82 Å². The minimum absolute atomic E-state index is 0.0143. The summed E-state index contributed by atoms with van der Waals surface area (Å²) in [6.07, 6.45) is 1.56. The molecule has 0 N–H and O–H groups in total. The Kier molecular flexibility index (Phi) is 6.68. The minimum atomic E-state index is -0.309. The van der Waals surface area contributed by atoms with E-state index in [-0.39, 0.29) is 11.7 Å². The lowest BCUT2D eigenvalue weighted by Gasteiger charge is -2.15. The SMILES string of the molecule is COc1cc(C=Nn2c(-c3cc4cc(Br)ccc4o3)nc3ccccc3c2=O)c(Br)cc1OC(C)C. The van der Waals surface area contributed by atoms with E-state index in [0.29, 0.717) is 45.1 Å². The molecular weight excluding hydrogens is 590 g/mol. The summed E-state index contributed by atoms with van der Waals surface area (Å²) in [7, 11) is 1.58. The highest BCUT2D eigenvalue weighted by molar-refractivity contribution is 9.10. The van der Waals surface area contributed by atoms with Crippen molar-refractivity contribution in [1.82, 2.24) is 9.66 Å². The number of halogens is 2. The van der Waals surface area contributed by atoms with E-state index in [1.807, 2.05) is 50.2 Å². The Hall–Kier alpha value is -3.43. The lowest BCUT2D eigenvalue weighted by atomic mass is 10.2. The molecule has 0 spiro atoms. The van der Waals surface area contributed by atoms with E-state index in [0.717, 1.165) is 14.3 Å². The van der Waals surface area contributed by atoms with E-state index in [1.54, 1.807) is 37.6 Å². The molecule has 182 valence electrons. The number of furan rings is 1. The van der Waals surface area contributed by atoms with Crippen molar-refractivity contribution in [3.63, 3.8) is 0 Å². The number of para-hydroxylation sites is 1. The summed E-state index contributed by atoms with van der Waals surface area (Å²) >= 11 is 7.06. The first-order valence-corrected chi connectivity index (χ1v) is 12.7. The van der Waals surface area contributed by atoms with Gasteiger partial charge in [0.1, 0.15) is 5.58 Å². The predicted molar refractivity (Wildman–Crippen MR) is 148 cm³/mol. The smallest absolute Gasteiger partial charge is 0.282 e. The Morgan fingerprint density at radius 3 is 2.64 bits per heavy atom. The van der Waals surface area contributed by atoms with E-state index < -0.39 is 0 Å². The van der Waals surface area contributed by atoms with Crippen molar-refractivity contribution in [2.45, 2.75) is 20.0 Å². The van der Waals surface area contributed by atoms with Gasteiger partial charge in [0.25, 0.3) is 5.56 Å². The van der Waals surface area contributed by atoms with Gasteiger partial charge in [-0.1, -0.05) is 28.1 Å². The molecule has 0 fully saturated rings. The van der Waals surface area contributed by atoms with E-state index in [2.05, 4.69) is 37.0 Å². The number of aromatic nitrogens is 2. The van der Waals surface area contributed by atoms with Crippen LogP contribution in [0.15, 0.2) is 83.9 Å². The highest BCUT2D eigenvalue weighted by atomic mass is 79.9. The van der Waals surface area contributed by atoms with Crippen LogP contribution in [0.4, 0.5) is 0 Å². The first-order valence-electron chi connectivity index (χ1n) is 11.1. The van der Waals surface area contributed by atoms with Gasteiger partial charge in [0.15, 0.2) is 17.3 Å². The molecule has 0 atom stereocenters. The molecule has 7 nitrogen and oxygen atoms in total. The summed E-state index contributed by atoms with van der Waals surface area (Å²) in [5, 5.41) is 5.87. The molecule has 0 aliphatic rings. The van der Waals surface area contributed by atoms with Crippen molar-refractivity contribution in [3.05, 3.63) is 85.5 Å². The Balaban J connectivity index is 1.67. The fourth-order valence-electron chi connectivity index (χ4n) is 3.79. The first kappa shape index (κ1) is 24.3. The fraction of sp³-hybridized carbons (Fsp3) is 0.148. The maximum atomic E-state index is 13.5. The molecule has 2 aromatic heterocycles. The number of nitrogens with zero attached hydrogens (tertiary/aromatic N) is 3. The van der Waals surface area contributed by atoms with Crippen molar-refractivity contribution < 1.29 is 13.9 Å². The van der Waals surface area contributed by atoms with Crippen LogP contribution in [-0.2, 0) is 0 Å². The van der Waals surface area contributed by atoms with Crippen LogP contribution in [0.2, 0.25) is 0 Å². The second-order valence-electron chi connectivity index (χ2n) is 8.30. The van der Waals surface area contributed by atoms with E-state index >= 15 is 0 Å². The van der Waals surface area contributed by atoms with Gasteiger partial charge in [-0.15, -0.1) is 0 Å². The number of ether oxygens (including phenoxy) is 2. The van der Waals surface area contributed by atoms with Crippen LogP contribution in [-0.4, -0.2) is 29.1 Å². The van der Waals surface area contributed by atoms with Crippen LogP contribution < -0.4 is 15.0 Å². The average molecular weight is 611 g/mol. The van der Waals surface area contributed by atoms with Crippen molar-refractivity contribution in [3.8, 4) is 23.1 Å². The van der Waals surface area contributed by atoms with Gasteiger partial charge in [-0.25, -0.2) is 4.98 Å². The normalized spacial score (nSPS) is 11.7. The van der Waals surface area contributed by atoms with Gasteiger partial charge in [0.05, 0.1) is 30.3 Å². The standard InChI is InChI=1S/C27H21Br2N3O4/c1-15(2)35-24-13-20(29)17(12-23(24)34-3)14-30-32-26(31-21-7-5-4-6-19(21)27(32)33)25-11-16-10-18(28)8-9-22(16)36-25/h4-15H,1-3H3. The molecule has 36 heavy (non-hydrogen) atoms. The molecule has 0 saturated heterocycles. The average Bonchev–Trinajstić information content (AvgIpc) is 3.27. The highest BCUT2D eigenvalue weighted by Crippen LogP contribution is 2.34. The molecule has 0 saturated carbocycles. The second kappa shape index (κ2) is 9.91. The lowest BCUT2D eigenvalue weighted by Crippen LogP contribution is -2.20. The molecule has 0 radical (unpaired) electrons. The Morgan fingerprint density at radius 2 is 1.86 bits per heavy atom. The third-order valence-electron chi connectivity index (χ3n) is 5.41. The minimum Gasteiger partial charge on any atom is -0.493 e. The zero-order valence-electron chi connectivity index (χ0n) is 19.7. The lowest BCUT2D eigenvalue weighted by molar-refractivity contribution is 0.230. The molecule has 3 aromatic carbocycles. The first-order chi connectivity index (χ1) is 17.3. The van der Waals surface area contributed by atoms with Crippen molar-refractivity contribution in [2.75, 3.05) is 7.11 Å². The van der Waals surface area contributed by atoms with Gasteiger partial charge >= 0.3 is 0 Å². The topological polar surface area (TPSA) is 78.9 Å². The number of hydrogen-bond acceptors (Lipinski definition) is 6. The molecule has 0 bridgehead atoms. The summed E-state index contributed by atoms with van der Waals surface area (Å²) < 4.78 is 20.3. The zero-order valence-corrected chi connectivity index (χ0v) is 22.8. The molecule has 0 aliphatic heterocycles. The van der Waals surface area contributed by atoms with E-state index in [9.17, 15) is 4.79 Å². The number of hydrogen-bond donors (Lipinski definition) is 0. The van der Waals surface area contributed by atoms with Crippen LogP contribution in [0.1, 0.15) is 19.4 Å². The molecule has 5 aromatic rings. The van der Waals surface area contributed by atoms with Crippen molar-refractivity contribution in [2.24, 2.45) is 5.10 Å². The Bertz CT molecular complexity index is 1690. The number of fused-ring (bicyclic) bond motifs is 2. The quantitative estimate of drug-likeness (QED) is 0.193. The van der Waals surface area contributed by atoms with Crippen LogP contribution in [0.3, 0.4) is 0 Å². The van der Waals surface area contributed by atoms with Crippen LogP contribution in [0.5, 0.6) is 11.5 Å². The van der Waals surface area contributed by atoms with Gasteiger partial charge in [-0.3, -0.25) is 4.79 Å². The number of benzene rings is 3. The van der Waals surface area contributed by atoms with Crippen molar-refractivity contribution >= 4 is 59.9 Å². The predicted octanol–water partition coefficient (Wildman–Crippen LogP) is 7.01. The third kappa shape index (κ3) is 4.68. The molecule has 0 amide bonds. The molecule has 0 unspecified atom stereocenters. The highest BCUT2D eigenvalue weighted by Gasteiger charge is 2.17. The van der Waals surface area contributed by atoms with Crippen LogP contribution >= 0.6 is 31.9 Å². The van der Waals surface area contributed by atoms with Gasteiger partial charge in [-0.2, -0.15) is 9.78 Å². The maximum Gasteiger partial charge on any atom is 0.282 e. The maximum absolute atomic E-state index is 13.5. The number of rotatable bonds is 6. The van der Waals surface area contributed by atoms with Crippen LogP contribution in [0.25, 0.3) is 33.5 Å².